The number of pyridine rings is 1. The van der Waals surface area contributed by atoms with Gasteiger partial charge in [0.15, 0.2) is 5.82 Å². The molecule has 2 rings (SSSR count). The molecule has 6 heteroatoms. The lowest BCUT2D eigenvalue weighted by Crippen LogP contribution is -2.10. The summed E-state index contributed by atoms with van der Waals surface area (Å²) in [6.07, 6.45) is 10.7. The van der Waals surface area contributed by atoms with Gasteiger partial charge in [-0.25, -0.2) is 15.0 Å². The van der Waals surface area contributed by atoms with E-state index >= 15 is 0 Å². The highest BCUT2D eigenvalue weighted by atomic mass is 79.9. The third-order valence-electron chi connectivity index (χ3n) is 2.92. The number of hydrogen-bond donors (Lipinski definition) is 0. The van der Waals surface area contributed by atoms with Gasteiger partial charge in [-0.3, -0.25) is 4.98 Å². The number of nitrogens with zero attached hydrogens (tertiary/aromatic N) is 3. The SMILES string of the molecule is Cc1cn(COCCS(C)(C)C)c(-c2cc(Br)ccn2)n1. The van der Waals surface area contributed by atoms with Crippen LogP contribution in [-0.4, -0.2) is 45.7 Å². The van der Waals surface area contributed by atoms with Gasteiger partial charge in [0.25, 0.3) is 0 Å². The minimum Gasteiger partial charge on any atom is -0.360 e. The van der Waals surface area contributed by atoms with Crippen LogP contribution in [0.2, 0.25) is 0 Å². The van der Waals surface area contributed by atoms with Gasteiger partial charge in [0.1, 0.15) is 12.4 Å². The number of ether oxygens (including phenoxy) is 1. The third kappa shape index (κ3) is 5.13. The fraction of sp³-hybridized carbons (Fsp3) is 0.467. The normalized spacial score (nSPS) is 12.6. The van der Waals surface area contributed by atoms with Crippen molar-refractivity contribution < 1.29 is 4.74 Å². The molecule has 0 aliphatic carbocycles. The van der Waals surface area contributed by atoms with Crippen LogP contribution >= 0.6 is 26.0 Å². The topological polar surface area (TPSA) is 39.9 Å². The third-order valence-corrected chi connectivity index (χ3v) is 4.80. The fourth-order valence-electron chi connectivity index (χ4n) is 1.85. The van der Waals surface area contributed by atoms with Crippen LogP contribution in [0.25, 0.3) is 11.5 Å². The van der Waals surface area contributed by atoms with Crippen LogP contribution in [0.3, 0.4) is 0 Å². The largest absolute Gasteiger partial charge is 0.360 e. The lowest BCUT2D eigenvalue weighted by atomic mass is 10.3. The average Bonchev–Trinajstić information content (AvgIpc) is 2.75. The monoisotopic (exact) mass is 371 g/mol. The Hall–Kier alpha value is -0.850. The zero-order chi connectivity index (χ0) is 15.5. The van der Waals surface area contributed by atoms with Crippen LogP contribution in [0, 0.1) is 6.92 Å². The number of hydrogen-bond acceptors (Lipinski definition) is 3. The van der Waals surface area contributed by atoms with E-state index in [1.54, 1.807) is 6.20 Å². The summed E-state index contributed by atoms with van der Waals surface area (Å²) >= 11 is 3.47. The van der Waals surface area contributed by atoms with Crippen molar-refractivity contribution in [2.45, 2.75) is 13.7 Å². The smallest absolute Gasteiger partial charge is 0.160 e. The van der Waals surface area contributed by atoms with E-state index in [0.717, 1.165) is 34.0 Å². The van der Waals surface area contributed by atoms with Gasteiger partial charge in [0.05, 0.1) is 12.3 Å². The van der Waals surface area contributed by atoms with Gasteiger partial charge in [-0.1, -0.05) is 15.9 Å². The Labute approximate surface area is 136 Å². The van der Waals surface area contributed by atoms with Crippen molar-refractivity contribution >= 4 is 26.0 Å². The number of aromatic nitrogens is 3. The Morgan fingerprint density at radius 2 is 2.10 bits per heavy atom. The molecular weight excluding hydrogens is 350 g/mol. The maximum atomic E-state index is 5.81. The minimum atomic E-state index is -0.510. The minimum absolute atomic E-state index is 0.510. The Morgan fingerprint density at radius 3 is 2.76 bits per heavy atom. The molecule has 0 saturated heterocycles. The standard InChI is InChI=1S/C15H22BrN3OS/c1-12-10-19(11-20-7-8-21(2,3)4)15(18-12)14-9-13(16)5-6-17-14/h5-6,9-10H,7-8,11H2,1-4H3. The van der Waals surface area contributed by atoms with Crippen molar-refractivity contribution in [2.24, 2.45) is 0 Å². The first kappa shape index (κ1) is 16.5. The molecule has 2 aromatic heterocycles. The van der Waals surface area contributed by atoms with Crippen molar-refractivity contribution in [1.29, 1.82) is 0 Å². The number of aryl methyl sites for hydroxylation is 1. The van der Waals surface area contributed by atoms with E-state index in [1.807, 2.05) is 29.8 Å². The van der Waals surface area contributed by atoms with E-state index in [1.165, 1.54) is 0 Å². The molecule has 4 nitrogen and oxygen atoms in total. The van der Waals surface area contributed by atoms with Crippen LogP contribution in [-0.2, 0) is 11.5 Å². The molecule has 0 unspecified atom stereocenters. The van der Waals surface area contributed by atoms with Gasteiger partial charge in [0, 0.05) is 22.6 Å². The predicted octanol–water partition coefficient (Wildman–Crippen LogP) is 3.68. The lowest BCUT2D eigenvalue weighted by molar-refractivity contribution is 0.0906. The van der Waals surface area contributed by atoms with Crippen LogP contribution in [0.4, 0.5) is 0 Å². The molecule has 21 heavy (non-hydrogen) atoms. The van der Waals surface area contributed by atoms with Crippen molar-refractivity contribution in [3.8, 4) is 11.5 Å². The molecule has 0 radical (unpaired) electrons. The summed E-state index contributed by atoms with van der Waals surface area (Å²) < 4.78 is 8.82. The Morgan fingerprint density at radius 1 is 1.33 bits per heavy atom. The highest BCUT2D eigenvalue weighted by Gasteiger charge is 2.10. The van der Waals surface area contributed by atoms with Gasteiger partial charge < -0.3 is 9.30 Å². The van der Waals surface area contributed by atoms with Gasteiger partial charge in [0.2, 0.25) is 0 Å². The second-order valence-electron chi connectivity index (χ2n) is 5.87. The average molecular weight is 372 g/mol. The molecule has 0 atom stereocenters. The van der Waals surface area contributed by atoms with Crippen molar-refractivity contribution in [3.63, 3.8) is 0 Å². The number of halogens is 1. The molecule has 0 saturated carbocycles. The Bertz CT molecular complexity index is 607. The lowest BCUT2D eigenvalue weighted by Gasteiger charge is -2.24. The second-order valence-corrected chi connectivity index (χ2v) is 11.4. The van der Waals surface area contributed by atoms with E-state index < -0.39 is 10.0 Å². The number of rotatable bonds is 6. The van der Waals surface area contributed by atoms with E-state index in [0.29, 0.717) is 6.73 Å². The van der Waals surface area contributed by atoms with Crippen LogP contribution in [0.1, 0.15) is 5.69 Å². The first-order chi connectivity index (χ1) is 9.85. The highest BCUT2D eigenvalue weighted by molar-refractivity contribution is 9.10. The first-order valence-corrected chi connectivity index (χ1v) is 10.6. The van der Waals surface area contributed by atoms with Gasteiger partial charge in [-0.2, -0.15) is 0 Å². The summed E-state index contributed by atoms with van der Waals surface area (Å²) in [5, 5.41) is 0. The molecule has 116 valence electrons. The quantitative estimate of drug-likeness (QED) is 0.727. The molecule has 0 spiro atoms. The Kier molecular flexibility index (Phi) is 5.46. The molecule has 0 fully saturated rings. The molecular formula is C15H22BrN3OS. The summed E-state index contributed by atoms with van der Waals surface area (Å²) in [5.74, 6) is 1.96. The first-order valence-electron chi connectivity index (χ1n) is 6.74. The maximum absolute atomic E-state index is 5.81. The zero-order valence-electron chi connectivity index (χ0n) is 13.0. The molecule has 0 aliphatic heterocycles. The van der Waals surface area contributed by atoms with Crippen LogP contribution < -0.4 is 0 Å². The zero-order valence-corrected chi connectivity index (χ0v) is 15.4. The van der Waals surface area contributed by atoms with Gasteiger partial charge in [-0.05, 0) is 37.8 Å². The molecule has 0 bridgehead atoms. The van der Waals surface area contributed by atoms with E-state index in [2.05, 4.69) is 44.7 Å². The van der Waals surface area contributed by atoms with Crippen molar-refractivity contribution in [2.75, 3.05) is 31.1 Å². The molecule has 0 aromatic carbocycles. The van der Waals surface area contributed by atoms with E-state index in [4.69, 9.17) is 4.74 Å². The van der Waals surface area contributed by atoms with Crippen molar-refractivity contribution in [1.82, 2.24) is 14.5 Å². The summed E-state index contributed by atoms with van der Waals surface area (Å²) in [4.78, 5) is 8.94. The highest BCUT2D eigenvalue weighted by Crippen LogP contribution is 2.33. The summed E-state index contributed by atoms with van der Waals surface area (Å²) in [7, 11) is -0.510. The van der Waals surface area contributed by atoms with Crippen LogP contribution in [0.5, 0.6) is 0 Å². The Balaban J connectivity index is 2.07. The predicted molar refractivity (Wildman–Crippen MR) is 94.1 cm³/mol. The van der Waals surface area contributed by atoms with E-state index in [-0.39, 0.29) is 0 Å². The fourth-order valence-corrected chi connectivity index (χ4v) is 2.80. The summed E-state index contributed by atoms with van der Waals surface area (Å²) in [6.45, 7) is 3.28. The van der Waals surface area contributed by atoms with Crippen LogP contribution in [0.15, 0.2) is 29.0 Å². The molecule has 0 aliphatic rings. The number of imidazole rings is 1. The summed E-state index contributed by atoms with van der Waals surface area (Å²) in [5.41, 5.74) is 1.82. The second kappa shape index (κ2) is 6.94. The summed E-state index contributed by atoms with van der Waals surface area (Å²) in [6, 6.07) is 3.88. The van der Waals surface area contributed by atoms with Crippen molar-refractivity contribution in [3.05, 3.63) is 34.7 Å². The maximum Gasteiger partial charge on any atom is 0.160 e. The molecule has 0 N–H and O–H groups in total. The van der Waals surface area contributed by atoms with E-state index in [9.17, 15) is 0 Å². The van der Waals surface area contributed by atoms with Gasteiger partial charge in [-0.15, -0.1) is 0 Å². The molecule has 2 aromatic rings. The molecule has 0 amide bonds. The molecule has 2 heterocycles. The van der Waals surface area contributed by atoms with Gasteiger partial charge >= 0.3 is 0 Å².